The van der Waals surface area contributed by atoms with E-state index in [-0.39, 0.29) is 22.5 Å². The van der Waals surface area contributed by atoms with Gasteiger partial charge in [0.25, 0.3) is 0 Å². The first kappa shape index (κ1) is 18.2. The molecule has 0 amide bonds. The molecule has 0 aliphatic heterocycles. The van der Waals surface area contributed by atoms with Gasteiger partial charge in [0, 0.05) is 9.16 Å². The summed E-state index contributed by atoms with van der Waals surface area (Å²) in [6.07, 6.45) is 9.19. The van der Waals surface area contributed by atoms with E-state index in [0.717, 1.165) is 25.7 Å². The average molecular weight is 389 g/mol. The zero-order valence-electron chi connectivity index (χ0n) is 20.7. The lowest BCUT2D eigenvalue weighted by Gasteiger charge is -2.59. The number of carbonyl (C=O) groups excluding carboxylic acids is 1. The number of fused-ring (bicyclic) bond motifs is 5. The second-order valence-electron chi connectivity index (χ2n) is 11.6. The van der Waals surface area contributed by atoms with Crippen molar-refractivity contribution in [1.29, 1.82) is 0 Å². The third-order valence-corrected chi connectivity index (χ3v) is 9.58. The predicted molar refractivity (Wildman–Crippen MR) is 115 cm³/mol. The van der Waals surface area contributed by atoms with Gasteiger partial charge in [0.2, 0.25) is 0 Å². The van der Waals surface area contributed by atoms with Crippen molar-refractivity contribution < 1.29 is 12.6 Å². The van der Waals surface area contributed by atoms with E-state index in [0.29, 0.717) is 42.9 Å². The number of allylic oxidation sites excluding steroid dienone is 1. The highest BCUT2D eigenvalue weighted by Crippen LogP contribution is 2.67. The van der Waals surface area contributed by atoms with Gasteiger partial charge in [-0.05, 0) is 112 Å². The number of hydrogen-bond donors (Lipinski definition) is 1. The van der Waals surface area contributed by atoms with Crippen molar-refractivity contribution in [2.24, 2.45) is 40.4 Å². The third kappa shape index (κ3) is 3.22. The Morgan fingerprint density at radius 3 is 2.71 bits per heavy atom. The third-order valence-electron chi connectivity index (χ3n) is 9.58. The lowest BCUT2D eigenvalue weighted by molar-refractivity contribution is -0.117. The van der Waals surface area contributed by atoms with E-state index < -0.39 is 12.0 Å². The first-order chi connectivity index (χ1) is 13.8. The second-order valence-corrected chi connectivity index (χ2v) is 11.6. The molecule has 2 nitrogen and oxygen atoms in total. The first-order valence-electron chi connectivity index (χ1n) is 12.7. The molecular weight excluding hydrogens is 344 g/mol. The van der Waals surface area contributed by atoms with Crippen molar-refractivity contribution in [3.05, 3.63) is 11.6 Å². The Hall–Kier alpha value is -0.630. The molecule has 1 N–H and O–H groups in total. The number of Topliss-reactive ketones (excluding diaryl/α,β-unsaturated/α-hetero) is 1. The molecule has 3 saturated carbocycles. The largest absolute Gasteiger partial charge is 0.390 e. The van der Waals surface area contributed by atoms with Gasteiger partial charge in [0.05, 0.1) is 5.60 Å². The number of rotatable bonds is 4. The standard InChI is InChI=1S/C26H42O2/c1-17(6-7-18(2)27)21-10-11-22-20-9-8-19-16-24(3,28)14-15-25(19,4)23(20)12-13-26(21,22)5/h8,17,20-23,28H,6-7,9-16H2,1-5H3/t17-,20+,21-,22+,23+,24+,25+,26-/m1/s1/i12D2. The fourth-order valence-electron chi connectivity index (χ4n) is 7.87. The van der Waals surface area contributed by atoms with Gasteiger partial charge in [0.15, 0.2) is 0 Å². The quantitative estimate of drug-likeness (QED) is 0.572. The summed E-state index contributed by atoms with van der Waals surface area (Å²) in [5.41, 5.74) is 0.590. The van der Waals surface area contributed by atoms with E-state index in [1.165, 1.54) is 18.4 Å². The highest BCUT2D eigenvalue weighted by molar-refractivity contribution is 5.75. The summed E-state index contributed by atoms with van der Waals surface area (Å²) in [5.74, 6) is 2.31. The lowest BCUT2D eigenvalue weighted by Crippen LogP contribution is -2.52. The molecule has 8 atom stereocenters. The van der Waals surface area contributed by atoms with Crippen molar-refractivity contribution >= 4 is 5.78 Å². The minimum Gasteiger partial charge on any atom is -0.390 e. The minimum absolute atomic E-state index is 0.0305. The summed E-state index contributed by atoms with van der Waals surface area (Å²) in [7, 11) is 0. The van der Waals surface area contributed by atoms with Crippen LogP contribution in [-0.4, -0.2) is 16.5 Å². The number of carbonyl (C=O) groups is 1. The van der Waals surface area contributed by atoms with Crippen molar-refractivity contribution in [2.75, 3.05) is 0 Å². The van der Waals surface area contributed by atoms with Crippen LogP contribution in [0.2, 0.25) is 0 Å². The highest BCUT2D eigenvalue weighted by Gasteiger charge is 2.59. The van der Waals surface area contributed by atoms with Crippen molar-refractivity contribution in [2.45, 2.75) is 104 Å². The predicted octanol–water partition coefficient (Wildman–Crippen LogP) is 6.32. The molecule has 0 aromatic rings. The van der Waals surface area contributed by atoms with E-state index in [1.54, 1.807) is 6.92 Å². The van der Waals surface area contributed by atoms with E-state index in [1.807, 2.05) is 6.92 Å². The van der Waals surface area contributed by atoms with Crippen LogP contribution < -0.4 is 0 Å². The van der Waals surface area contributed by atoms with Crippen molar-refractivity contribution in [3.63, 3.8) is 0 Å². The minimum atomic E-state index is -1.18. The maximum Gasteiger partial charge on any atom is 0.129 e. The molecule has 0 saturated heterocycles. The van der Waals surface area contributed by atoms with Gasteiger partial charge in [-0.1, -0.05) is 32.4 Å². The van der Waals surface area contributed by atoms with E-state index in [4.69, 9.17) is 0 Å². The molecule has 3 fully saturated rings. The summed E-state index contributed by atoms with van der Waals surface area (Å²) < 4.78 is 18.6. The Balaban J connectivity index is 1.65. The Bertz CT molecular complexity index is 741. The van der Waals surface area contributed by atoms with Crippen molar-refractivity contribution in [1.82, 2.24) is 0 Å². The summed E-state index contributed by atoms with van der Waals surface area (Å²) in [4.78, 5) is 11.5. The van der Waals surface area contributed by atoms with Crippen LogP contribution in [0.1, 0.15) is 102 Å². The lowest BCUT2D eigenvalue weighted by atomic mass is 9.46. The molecule has 0 unspecified atom stereocenters. The molecule has 0 heterocycles. The van der Waals surface area contributed by atoms with Gasteiger partial charge in [-0.3, -0.25) is 0 Å². The smallest absolute Gasteiger partial charge is 0.129 e. The van der Waals surface area contributed by atoms with Gasteiger partial charge in [-0.2, -0.15) is 0 Å². The van der Waals surface area contributed by atoms with Gasteiger partial charge in [-0.25, -0.2) is 0 Å². The molecule has 4 rings (SSSR count). The zero-order valence-corrected chi connectivity index (χ0v) is 18.7. The zero-order chi connectivity index (χ0) is 22.1. The summed E-state index contributed by atoms with van der Waals surface area (Å²) in [6, 6.07) is 0. The fourth-order valence-corrected chi connectivity index (χ4v) is 7.87. The van der Waals surface area contributed by atoms with E-state index >= 15 is 0 Å². The Kier molecular flexibility index (Phi) is 4.52. The molecule has 0 radical (unpaired) electrons. The van der Waals surface area contributed by atoms with Gasteiger partial charge in [-0.15, -0.1) is 0 Å². The SMILES string of the molecule is [2H]C1([2H])C[C@]2(C)[C@@H]([C@H](C)CCC(C)=O)CC[C@H]2[C@@H]2CC=C3C[C@@](C)(O)CC[C@]3(C)[C@H]21. The van der Waals surface area contributed by atoms with Crippen LogP contribution in [0.15, 0.2) is 11.6 Å². The Labute approximate surface area is 175 Å². The fraction of sp³-hybridized carbons (Fsp3) is 0.885. The topological polar surface area (TPSA) is 37.3 Å². The molecule has 0 bridgehead atoms. The molecule has 4 aliphatic rings. The van der Waals surface area contributed by atoms with Crippen LogP contribution in [0.5, 0.6) is 0 Å². The van der Waals surface area contributed by atoms with Crippen LogP contribution in [0.4, 0.5) is 0 Å². The highest BCUT2D eigenvalue weighted by atomic mass is 16.3. The molecule has 4 aliphatic carbocycles. The maximum atomic E-state index is 11.5. The Morgan fingerprint density at radius 1 is 1.25 bits per heavy atom. The number of hydrogen-bond acceptors (Lipinski definition) is 2. The van der Waals surface area contributed by atoms with Crippen LogP contribution in [-0.2, 0) is 4.79 Å². The van der Waals surface area contributed by atoms with E-state index in [9.17, 15) is 12.6 Å². The van der Waals surface area contributed by atoms with Crippen LogP contribution in [0.3, 0.4) is 0 Å². The molecule has 0 aromatic carbocycles. The molecule has 2 heteroatoms. The summed E-state index contributed by atoms with van der Waals surface area (Å²) >= 11 is 0. The molecule has 28 heavy (non-hydrogen) atoms. The molecule has 0 spiro atoms. The summed E-state index contributed by atoms with van der Waals surface area (Å²) in [6.45, 7) is 10.6. The van der Waals surface area contributed by atoms with Crippen molar-refractivity contribution in [3.8, 4) is 0 Å². The Morgan fingerprint density at radius 2 is 2.00 bits per heavy atom. The second kappa shape index (κ2) is 6.96. The van der Waals surface area contributed by atoms with E-state index in [2.05, 4.69) is 26.8 Å². The van der Waals surface area contributed by atoms with Crippen LogP contribution in [0.25, 0.3) is 0 Å². The normalized spacial score (nSPS) is 51.7. The maximum absolute atomic E-state index is 11.5. The number of aliphatic hydroxyl groups is 1. The monoisotopic (exact) mass is 388 g/mol. The molecule has 0 aromatic heterocycles. The van der Waals surface area contributed by atoms with Crippen LogP contribution >= 0.6 is 0 Å². The molecular formula is C26H42O2. The average Bonchev–Trinajstić information content (AvgIpc) is 2.95. The molecule has 158 valence electrons. The van der Waals surface area contributed by atoms with Crippen LogP contribution in [0, 0.1) is 40.4 Å². The first-order valence-corrected chi connectivity index (χ1v) is 11.7. The van der Waals surface area contributed by atoms with Gasteiger partial charge >= 0.3 is 0 Å². The summed E-state index contributed by atoms with van der Waals surface area (Å²) in [5, 5.41) is 10.7. The van der Waals surface area contributed by atoms with Gasteiger partial charge in [0.1, 0.15) is 5.78 Å². The van der Waals surface area contributed by atoms with Gasteiger partial charge < -0.3 is 9.90 Å². The number of ketones is 1.